The van der Waals surface area contributed by atoms with E-state index >= 15 is 0 Å². The van der Waals surface area contributed by atoms with Gasteiger partial charge in [-0.2, -0.15) is 0 Å². The Hall–Kier alpha value is -2.52. The molecular formula is C21H24N4O3S2. The van der Waals surface area contributed by atoms with Crippen LogP contribution in [0.4, 0.5) is 5.69 Å². The number of carbonyl (C=O) groups excluding carboxylic acids is 1. The molecule has 0 fully saturated rings. The van der Waals surface area contributed by atoms with Gasteiger partial charge in [-0.1, -0.05) is 11.8 Å². The molecule has 0 bridgehead atoms. The number of thioether (sulfide) groups is 1. The number of carbonyl (C=O) groups is 1. The Morgan fingerprint density at radius 2 is 2.07 bits per heavy atom. The Morgan fingerprint density at radius 3 is 2.87 bits per heavy atom. The molecule has 0 radical (unpaired) electrons. The van der Waals surface area contributed by atoms with Crippen molar-refractivity contribution >= 4 is 34.7 Å². The standard InChI is InChI=1S/C21H24N4O3S2/c1-25-20(15-11-29-18-7-5-4-6-14(15)18)23-24-21(25)30-12-19(26)22-16-9-8-13(27-2)10-17(16)28-3/h8-11H,4-7,12H2,1-3H3,(H,22,26). The van der Waals surface area contributed by atoms with Gasteiger partial charge < -0.3 is 19.4 Å². The summed E-state index contributed by atoms with van der Waals surface area (Å²) in [4.78, 5) is 13.9. The Kier molecular flexibility index (Phi) is 6.29. The molecule has 0 spiro atoms. The number of nitrogens with one attached hydrogen (secondary N) is 1. The largest absolute Gasteiger partial charge is 0.497 e. The molecule has 0 unspecified atom stereocenters. The molecule has 1 aromatic carbocycles. The SMILES string of the molecule is COc1ccc(NC(=O)CSc2nnc(-c3csc4c3CCCC4)n2C)c(OC)c1. The molecule has 0 atom stereocenters. The average molecular weight is 445 g/mol. The third-order valence-electron chi connectivity index (χ3n) is 5.15. The summed E-state index contributed by atoms with van der Waals surface area (Å²) in [5.74, 6) is 2.18. The van der Waals surface area contributed by atoms with E-state index in [1.54, 1.807) is 32.4 Å². The smallest absolute Gasteiger partial charge is 0.234 e. The van der Waals surface area contributed by atoms with Gasteiger partial charge >= 0.3 is 0 Å². The van der Waals surface area contributed by atoms with Crippen molar-refractivity contribution in [3.05, 3.63) is 34.0 Å². The van der Waals surface area contributed by atoms with Crippen molar-refractivity contribution in [1.29, 1.82) is 0 Å². The zero-order chi connectivity index (χ0) is 21.1. The maximum Gasteiger partial charge on any atom is 0.234 e. The molecule has 1 aliphatic rings. The highest BCUT2D eigenvalue weighted by atomic mass is 32.2. The first-order valence-electron chi connectivity index (χ1n) is 9.74. The molecule has 3 aromatic rings. The number of aryl methyl sites for hydroxylation is 1. The molecule has 4 rings (SSSR count). The van der Waals surface area contributed by atoms with Crippen LogP contribution in [-0.4, -0.2) is 40.6 Å². The number of rotatable bonds is 7. The lowest BCUT2D eigenvalue weighted by molar-refractivity contribution is -0.113. The minimum Gasteiger partial charge on any atom is -0.497 e. The second kappa shape index (κ2) is 9.09. The number of thiophene rings is 1. The number of amides is 1. The Labute approximate surface area is 183 Å². The maximum atomic E-state index is 12.5. The van der Waals surface area contributed by atoms with Gasteiger partial charge in [0.25, 0.3) is 0 Å². The molecule has 7 nitrogen and oxygen atoms in total. The topological polar surface area (TPSA) is 78.3 Å². The summed E-state index contributed by atoms with van der Waals surface area (Å²) in [5, 5.41) is 14.5. The first-order chi connectivity index (χ1) is 14.6. The Morgan fingerprint density at radius 1 is 1.23 bits per heavy atom. The summed E-state index contributed by atoms with van der Waals surface area (Å²) < 4.78 is 12.5. The summed E-state index contributed by atoms with van der Waals surface area (Å²) in [5.41, 5.74) is 3.21. The number of benzene rings is 1. The first-order valence-corrected chi connectivity index (χ1v) is 11.6. The molecular weight excluding hydrogens is 420 g/mol. The predicted octanol–water partition coefficient (Wildman–Crippen LogP) is 4.17. The molecule has 1 N–H and O–H groups in total. The van der Waals surface area contributed by atoms with Gasteiger partial charge in [0.2, 0.25) is 5.91 Å². The van der Waals surface area contributed by atoms with E-state index in [9.17, 15) is 4.79 Å². The average Bonchev–Trinajstić information content (AvgIpc) is 3.35. The summed E-state index contributed by atoms with van der Waals surface area (Å²) in [7, 11) is 5.10. The molecule has 9 heteroatoms. The molecule has 1 amide bonds. The van der Waals surface area contributed by atoms with E-state index in [-0.39, 0.29) is 11.7 Å². The van der Waals surface area contributed by atoms with Gasteiger partial charge in [-0.3, -0.25) is 4.79 Å². The quantitative estimate of drug-likeness (QED) is 0.551. The van der Waals surface area contributed by atoms with Crippen molar-refractivity contribution in [1.82, 2.24) is 14.8 Å². The number of ether oxygens (including phenoxy) is 2. The second-order valence-corrected chi connectivity index (χ2v) is 8.93. The number of hydrogen-bond donors (Lipinski definition) is 1. The minimum absolute atomic E-state index is 0.138. The van der Waals surface area contributed by atoms with Crippen LogP contribution >= 0.6 is 23.1 Å². The minimum atomic E-state index is -0.138. The van der Waals surface area contributed by atoms with Gasteiger partial charge in [-0.25, -0.2) is 0 Å². The lowest BCUT2D eigenvalue weighted by Gasteiger charge is -2.12. The van der Waals surface area contributed by atoms with Crippen LogP contribution in [0.3, 0.4) is 0 Å². The number of hydrogen-bond acceptors (Lipinski definition) is 7. The van der Waals surface area contributed by atoms with Crippen molar-refractivity contribution in [2.75, 3.05) is 25.3 Å². The van der Waals surface area contributed by atoms with E-state index in [1.165, 1.54) is 40.6 Å². The van der Waals surface area contributed by atoms with E-state index in [0.717, 1.165) is 23.8 Å². The molecule has 30 heavy (non-hydrogen) atoms. The summed E-state index contributed by atoms with van der Waals surface area (Å²) in [6.45, 7) is 0. The third kappa shape index (κ3) is 4.17. The molecule has 158 valence electrons. The van der Waals surface area contributed by atoms with E-state index < -0.39 is 0 Å². The van der Waals surface area contributed by atoms with Crippen LogP contribution in [0.5, 0.6) is 11.5 Å². The van der Waals surface area contributed by atoms with E-state index in [2.05, 4.69) is 20.9 Å². The van der Waals surface area contributed by atoms with Gasteiger partial charge in [0, 0.05) is 28.9 Å². The number of aromatic nitrogens is 3. The zero-order valence-corrected chi connectivity index (χ0v) is 18.9. The van der Waals surface area contributed by atoms with E-state index in [1.807, 2.05) is 23.0 Å². The number of methoxy groups -OCH3 is 2. The van der Waals surface area contributed by atoms with Crippen molar-refractivity contribution < 1.29 is 14.3 Å². The van der Waals surface area contributed by atoms with E-state index in [0.29, 0.717) is 17.2 Å². The van der Waals surface area contributed by atoms with Crippen LogP contribution in [0, 0.1) is 0 Å². The summed E-state index contributed by atoms with van der Waals surface area (Å²) >= 11 is 3.18. The van der Waals surface area contributed by atoms with Crippen LogP contribution < -0.4 is 14.8 Å². The number of anilines is 1. The summed E-state index contributed by atoms with van der Waals surface area (Å²) in [6.07, 6.45) is 4.76. The van der Waals surface area contributed by atoms with Gasteiger partial charge in [0.1, 0.15) is 11.5 Å². The molecule has 0 saturated heterocycles. The van der Waals surface area contributed by atoms with Crippen molar-refractivity contribution in [2.45, 2.75) is 30.8 Å². The zero-order valence-electron chi connectivity index (χ0n) is 17.2. The molecule has 0 saturated carbocycles. The fourth-order valence-corrected chi connectivity index (χ4v) is 5.41. The van der Waals surface area contributed by atoms with Crippen molar-refractivity contribution in [3.8, 4) is 22.9 Å². The number of fused-ring (bicyclic) bond motifs is 1. The normalized spacial score (nSPS) is 13.0. The van der Waals surface area contributed by atoms with Gasteiger partial charge in [-0.15, -0.1) is 21.5 Å². The third-order valence-corrected chi connectivity index (χ3v) is 7.26. The van der Waals surface area contributed by atoms with Crippen LogP contribution in [0.1, 0.15) is 23.3 Å². The Bertz CT molecular complexity index is 1060. The van der Waals surface area contributed by atoms with Gasteiger partial charge in [0.05, 0.1) is 25.7 Å². The lowest BCUT2D eigenvalue weighted by atomic mass is 9.96. The number of nitrogens with zero attached hydrogens (tertiary/aromatic N) is 3. The Balaban J connectivity index is 1.43. The van der Waals surface area contributed by atoms with Gasteiger partial charge in [-0.05, 0) is 43.4 Å². The highest BCUT2D eigenvalue weighted by Gasteiger charge is 2.21. The van der Waals surface area contributed by atoms with Gasteiger partial charge in [0.15, 0.2) is 11.0 Å². The fraction of sp³-hybridized carbons (Fsp3) is 0.381. The van der Waals surface area contributed by atoms with E-state index in [4.69, 9.17) is 9.47 Å². The van der Waals surface area contributed by atoms with Crippen LogP contribution in [0.15, 0.2) is 28.7 Å². The van der Waals surface area contributed by atoms with Crippen molar-refractivity contribution in [3.63, 3.8) is 0 Å². The molecule has 0 aliphatic heterocycles. The van der Waals surface area contributed by atoms with Crippen LogP contribution in [0.25, 0.3) is 11.4 Å². The van der Waals surface area contributed by atoms with Crippen LogP contribution in [-0.2, 0) is 24.7 Å². The maximum absolute atomic E-state index is 12.5. The fourth-order valence-electron chi connectivity index (χ4n) is 3.57. The predicted molar refractivity (Wildman–Crippen MR) is 120 cm³/mol. The molecule has 2 heterocycles. The second-order valence-electron chi connectivity index (χ2n) is 7.03. The lowest BCUT2D eigenvalue weighted by Crippen LogP contribution is -2.15. The van der Waals surface area contributed by atoms with Crippen LogP contribution in [0.2, 0.25) is 0 Å². The molecule has 2 aromatic heterocycles. The first kappa shape index (κ1) is 20.7. The van der Waals surface area contributed by atoms with Crippen molar-refractivity contribution in [2.24, 2.45) is 7.05 Å². The summed E-state index contributed by atoms with van der Waals surface area (Å²) in [6, 6.07) is 5.28. The molecule has 1 aliphatic carbocycles. The monoisotopic (exact) mass is 444 g/mol. The highest BCUT2D eigenvalue weighted by Crippen LogP contribution is 2.36. The highest BCUT2D eigenvalue weighted by molar-refractivity contribution is 7.99.